The van der Waals surface area contributed by atoms with Crippen molar-refractivity contribution < 1.29 is 13.5 Å². The van der Waals surface area contributed by atoms with Gasteiger partial charge in [-0.1, -0.05) is 25.4 Å². The molecule has 1 unspecified atom stereocenters. The molecule has 0 fully saturated rings. The quantitative estimate of drug-likeness (QED) is 0.838. The van der Waals surface area contributed by atoms with Crippen LogP contribution in [0.5, 0.6) is 0 Å². The van der Waals surface area contributed by atoms with Gasteiger partial charge >= 0.3 is 0 Å². The maximum atomic E-state index is 12.0. The molecule has 0 spiro atoms. The molecule has 7 heteroatoms. The number of halogens is 1. The first-order valence-corrected chi connectivity index (χ1v) is 8.01. The van der Waals surface area contributed by atoms with Gasteiger partial charge in [0.15, 0.2) is 0 Å². The Kier molecular flexibility index (Phi) is 5.96. The van der Waals surface area contributed by atoms with Gasteiger partial charge in [0.05, 0.1) is 22.8 Å². The average molecular weight is 317 g/mol. The second-order valence-electron chi connectivity index (χ2n) is 4.75. The molecule has 0 radical (unpaired) electrons. The van der Waals surface area contributed by atoms with E-state index < -0.39 is 16.1 Å². The summed E-state index contributed by atoms with van der Waals surface area (Å²) in [6.07, 6.45) is -0.237. The molecule has 0 amide bonds. The Morgan fingerprint density at radius 1 is 1.45 bits per heavy atom. The van der Waals surface area contributed by atoms with Crippen molar-refractivity contribution >= 4 is 21.6 Å². The first-order valence-electron chi connectivity index (χ1n) is 6.15. The second kappa shape index (κ2) is 7.04. The summed E-state index contributed by atoms with van der Waals surface area (Å²) in [4.78, 5) is -0.0720. The van der Waals surface area contributed by atoms with Gasteiger partial charge in [-0.2, -0.15) is 5.26 Å². The summed E-state index contributed by atoms with van der Waals surface area (Å²) in [7, 11) is -3.74. The highest BCUT2D eigenvalue weighted by Crippen LogP contribution is 2.22. The highest BCUT2D eigenvalue weighted by Gasteiger charge is 2.18. The number of nitriles is 1. The molecule has 0 aliphatic heterocycles. The lowest BCUT2D eigenvalue weighted by Gasteiger charge is -2.15. The Hall–Kier alpha value is -1.13. The summed E-state index contributed by atoms with van der Waals surface area (Å²) in [5, 5.41) is 18.3. The second-order valence-corrected chi connectivity index (χ2v) is 6.90. The van der Waals surface area contributed by atoms with Crippen molar-refractivity contribution in [3.8, 4) is 6.07 Å². The molecule has 0 aromatic heterocycles. The lowest BCUT2D eigenvalue weighted by molar-refractivity contribution is 0.118. The van der Waals surface area contributed by atoms with Crippen LogP contribution in [0.1, 0.15) is 25.8 Å². The lowest BCUT2D eigenvalue weighted by atomic mass is 10.1. The normalized spacial score (nSPS) is 13.2. The molecule has 1 aromatic rings. The van der Waals surface area contributed by atoms with Crippen molar-refractivity contribution in [1.82, 2.24) is 4.72 Å². The molecule has 1 rings (SSSR count). The molecule has 0 aliphatic rings. The Bertz CT molecular complexity index is 609. The van der Waals surface area contributed by atoms with Gasteiger partial charge in [-0.15, -0.1) is 0 Å². The molecule has 110 valence electrons. The Morgan fingerprint density at radius 3 is 2.60 bits per heavy atom. The predicted octanol–water partition coefficient (Wildman–Crippen LogP) is 1.90. The molecule has 0 bridgehead atoms. The maximum Gasteiger partial charge on any atom is 0.242 e. The number of hydrogen-bond acceptors (Lipinski definition) is 4. The molecule has 5 nitrogen and oxygen atoms in total. The van der Waals surface area contributed by atoms with E-state index in [4.69, 9.17) is 16.9 Å². The van der Waals surface area contributed by atoms with E-state index in [1.54, 1.807) is 0 Å². The summed E-state index contributed by atoms with van der Waals surface area (Å²) < 4.78 is 26.5. The third kappa shape index (κ3) is 4.46. The van der Waals surface area contributed by atoms with Crippen LogP contribution in [-0.2, 0) is 10.0 Å². The van der Waals surface area contributed by atoms with Crippen LogP contribution in [0.4, 0.5) is 0 Å². The molecule has 0 aliphatic carbocycles. The third-order valence-corrected chi connectivity index (χ3v) is 4.80. The molecule has 0 saturated carbocycles. The van der Waals surface area contributed by atoms with Crippen LogP contribution in [-0.4, -0.2) is 26.2 Å². The zero-order chi connectivity index (χ0) is 15.3. The number of benzene rings is 1. The predicted molar refractivity (Wildman–Crippen MR) is 76.8 cm³/mol. The number of nitrogens with zero attached hydrogens (tertiary/aromatic N) is 1. The van der Waals surface area contributed by atoms with E-state index in [0.29, 0.717) is 12.0 Å². The van der Waals surface area contributed by atoms with Gasteiger partial charge in [0, 0.05) is 6.54 Å². The first-order chi connectivity index (χ1) is 9.27. The van der Waals surface area contributed by atoms with Crippen LogP contribution in [0.3, 0.4) is 0 Å². The summed E-state index contributed by atoms with van der Waals surface area (Å²) in [6.45, 7) is 3.84. The van der Waals surface area contributed by atoms with Gasteiger partial charge in [0.1, 0.15) is 4.90 Å². The van der Waals surface area contributed by atoms with Crippen molar-refractivity contribution in [2.24, 2.45) is 5.92 Å². The standard InChI is InChI=1S/C13H17ClN2O3S/c1-9(2)12(17)5-6-16-20(18,19)13-4-3-10(8-15)7-11(13)14/h3-4,7,9,12,16-17H,5-6H2,1-2H3. The number of hydrogen-bond donors (Lipinski definition) is 2. The highest BCUT2D eigenvalue weighted by atomic mass is 35.5. The van der Waals surface area contributed by atoms with E-state index in [1.807, 2.05) is 19.9 Å². The van der Waals surface area contributed by atoms with Gasteiger partial charge in [0.2, 0.25) is 10.0 Å². The van der Waals surface area contributed by atoms with E-state index in [9.17, 15) is 13.5 Å². The zero-order valence-electron chi connectivity index (χ0n) is 11.3. The van der Waals surface area contributed by atoms with Gasteiger partial charge < -0.3 is 5.11 Å². The minimum Gasteiger partial charge on any atom is -0.393 e. The van der Waals surface area contributed by atoms with Crippen molar-refractivity contribution in [1.29, 1.82) is 5.26 Å². The summed E-state index contributed by atoms with van der Waals surface area (Å²) >= 11 is 5.86. The number of aliphatic hydroxyl groups is 1. The number of rotatable bonds is 6. The molecular formula is C13H17ClN2O3S. The lowest BCUT2D eigenvalue weighted by Crippen LogP contribution is -2.29. The topological polar surface area (TPSA) is 90.2 Å². The van der Waals surface area contributed by atoms with E-state index in [2.05, 4.69) is 4.72 Å². The van der Waals surface area contributed by atoms with Crippen LogP contribution in [0, 0.1) is 17.2 Å². The van der Waals surface area contributed by atoms with Crippen molar-refractivity contribution in [3.63, 3.8) is 0 Å². The molecule has 0 heterocycles. The van der Waals surface area contributed by atoms with Gasteiger partial charge in [-0.3, -0.25) is 0 Å². The van der Waals surface area contributed by atoms with Crippen molar-refractivity contribution in [2.75, 3.05) is 6.54 Å². The number of sulfonamides is 1. The van der Waals surface area contributed by atoms with Crippen molar-refractivity contribution in [3.05, 3.63) is 28.8 Å². The van der Waals surface area contributed by atoms with E-state index in [0.717, 1.165) is 0 Å². The molecule has 1 atom stereocenters. The minimum absolute atomic E-state index is 0.000887. The smallest absolute Gasteiger partial charge is 0.242 e. The number of aliphatic hydroxyl groups excluding tert-OH is 1. The maximum absolute atomic E-state index is 12.0. The van der Waals surface area contributed by atoms with E-state index >= 15 is 0 Å². The summed E-state index contributed by atoms with van der Waals surface area (Å²) in [5.74, 6) is 0.0676. The third-order valence-electron chi connectivity index (χ3n) is 2.85. The van der Waals surface area contributed by atoms with Crippen LogP contribution >= 0.6 is 11.6 Å². The summed E-state index contributed by atoms with van der Waals surface area (Å²) in [5.41, 5.74) is 0.296. The molecule has 20 heavy (non-hydrogen) atoms. The molecular weight excluding hydrogens is 300 g/mol. The van der Waals surface area contributed by atoms with Crippen LogP contribution in [0.15, 0.2) is 23.1 Å². The van der Waals surface area contributed by atoms with Gasteiger partial charge in [-0.25, -0.2) is 13.1 Å². The molecule has 0 saturated heterocycles. The van der Waals surface area contributed by atoms with Crippen LogP contribution in [0.2, 0.25) is 5.02 Å². The Labute approximate surface area is 124 Å². The molecule has 1 aromatic carbocycles. The summed E-state index contributed by atoms with van der Waals surface area (Å²) in [6, 6.07) is 5.87. The average Bonchev–Trinajstić information content (AvgIpc) is 2.37. The zero-order valence-corrected chi connectivity index (χ0v) is 12.9. The molecule has 2 N–H and O–H groups in total. The van der Waals surface area contributed by atoms with E-state index in [1.165, 1.54) is 18.2 Å². The monoisotopic (exact) mass is 316 g/mol. The van der Waals surface area contributed by atoms with E-state index in [-0.39, 0.29) is 22.4 Å². The van der Waals surface area contributed by atoms with Gasteiger partial charge in [0.25, 0.3) is 0 Å². The minimum atomic E-state index is -3.74. The fourth-order valence-corrected chi connectivity index (χ4v) is 3.13. The number of nitrogens with one attached hydrogen (secondary N) is 1. The SMILES string of the molecule is CC(C)C(O)CCNS(=O)(=O)c1ccc(C#N)cc1Cl. The van der Waals surface area contributed by atoms with Crippen molar-refractivity contribution in [2.45, 2.75) is 31.3 Å². The fourth-order valence-electron chi connectivity index (χ4n) is 1.54. The van der Waals surface area contributed by atoms with Gasteiger partial charge in [-0.05, 0) is 30.5 Å². The highest BCUT2D eigenvalue weighted by molar-refractivity contribution is 7.89. The van der Waals surface area contributed by atoms with Crippen LogP contribution < -0.4 is 4.72 Å². The Balaban J connectivity index is 2.77. The largest absolute Gasteiger partial charge is 0.393 e. The first kappa shape index (κ1) is 16.9. The Morgan fingerprint density at radius 2 is 2.10 bits per heavy atom. The van der Waals surface area contributed by atoms with Crippen LogP contribution in [0.25, 0.3) is 0 Å². The fraction of sp³-hybridized carbons (Fsp3) is 0.462.